The number of rotatable bonds is 7. The Hall–Kier alpha value is -4.42. The lowest BCUT2D eigenvalue weighted by atomic mass is 10.0. The number of oxazole rings is 1. The summed E-state index contributed by atoms with van der Waals surface area (Å²) in [5.74, 6) is 0.715. The van der Waals surface area contributed by atoms with E-state index < -0.39 is 0 Å². The van der Waals surface area contributed by atoms with Crippen molar-refractivity contribution in [2.45, 2.75) is 32.9 Å². The number of amides is 1. The number of piperazine rings is 1. The molecule has 1 aliphatic heterocycles. The van der Waals surface area contributed by atoms with E-state index in [0.717, 1.165) is 53.5 Å². The SMILES string of the molecule is Cc1coc(CC2CN(Cc3ccccc3)CCN2C(=O)c2cc(C)n(-c3ccccc3)c2-c2ccccc2)n1. The quantitative estimate of drug-likeness (QED) is 0.247. The number of nitrogens with zero attached hydrogens (tertiary/aromatic N) is 4. The van der Waals surface area contributed by atoms with Crippen LogP contribution in [0.4, 0.5) is 0 Å². The van der Waals surface area contributed by atoms with E-state index in [-0.39, 0.29) is 11.9 Å². The van der Waals surface area contributed by atoms with E-state index in [1.54, 1.807) is 6.26 Å². The number of para-hydroxylation sites is 1. The van der Waals surface area contributed by atoms with Crippen molar-refractivity contribution >= 4 is 5.91 Å². The van der Waals surface area contributed by atoms with Crippen molar-refractivity contribution in [2.24, 2.45) is 0 Å². The molecular formula is C34H34N4O2. The molecule has 202 valence electrons. The van der Waals surface area contributed by atoms with Crippen LogP contribution in [0.5, 0.6) is 0 Å². The number of hydrogen-bond donors (Lipinski definition) is 0. The Balaban J connectivity index is 1.37. The first kappa shape index (κ1) is 25.8. The average molecular weight is 531 g/mol. The topological polar surface area (TPSA) is 54.5 Å². The van der Waals surface area contributed by atoms with Gasteiger partial charge in [-0.25, -0.2) is 4.98 Å². The monoisotopic (exact) mass is 530 g/mol. The second kappa shape index (κ2) is 11.4. The van der Waals surface area contributed by atoms with Crippen LogP contribution in [0.15, 0.2) is 108 Å². The van der Waals surface area contributed by atoms with Crippen molar-refractivity contribution in [1.29, 1.82) is 0 Å². The summed E-state index contributed by atoms with van der Waals surface area (Å²) < 4.78 is 7.95. The van der Waals surface area contributed by atoms with Gasteiger partial charge in [0, 0.05) is 44.0 Å². The Morgan fingerprint density at radius 1 is 0.900 bits per heavy atom. The van der Waals surface area contributed by atoms with Crippen LogP contribution in [-0.2, 0) is 13.0 Å². The van der Waals surface area contributed by atoms with E-state index in [9.17, 15) is 4.79 Å². The highest BCUT2D eigenvalue weighted by Crippen LogP contribution is 2.33. The van der Waals surface area contributed by atoms with Crippen LogP contribution in [0.25, 0.3) is 16.9 Å². The lowest BCUT2D eigenvalue weighted by Gasteiger charge is -2.41. The molecule has 6 rings (SSSR count). The summed E-state index contributed by atoms with van der Waals surface area (Å²) in [4.78, 5) is 23.5. The summed E-state index contributed by atoms with van der Waals surface area (Å²) >= 11 is 0. The van der Waals surface area contributed by atoms with Gasteiger partial charge in [-0.15, -0.1) is 0 Å². The maximum absolute atomic E-state index is 14.5. The molecule has 1 unspecified atom stereocenters. The molecule has 0 bridgehead atoms. The maximum atomic E-state index is 14.5. The molecule has 3 heterocycles. The number of aryl methyl sites for hydroxylation is 2. The van der Waals surface area contributed by atoms with Crippen molar-refractivity contribution in [2.75, 3.05) is 19.6 Å². The predicted octanol–water partition coefficient (Wildman–Crippen LogP) is 6.32. The molecule has 1 atom stereocenters. The second-order valence-electron chi connectivity index (χ2n) is 10.5. The molecule has 0 radical (unpaired) electrons. The van der Waals surface area contributed by atoms with Crippen LogP contribution in [0, 0.1) is 13.8 Å². The van der Waals surface area contributed by atoms with Gasteiger partial charge in [0.1, 0.15) is 6.26 Å². The molecule has 6 nitrogen and oxygen atoms in total. The molecule has 1 amide bonds. The molecule has 6 heteroatoms. The van der Waals surface area contributed by atoms with Crippen LogP contribution in [0.2, 0.25) is 0 Å². The molecule has 2 aromatic heterocycles. The highest BCUT2D eigenvalue weighted by atomic mass is 16.3. The number of benzene rings is 3. The fourth-order valence-electron chi connectivity index (χ4n) is 5.79. The zero-order valence-electron chi connectivity index (χ0n) is 23.0. The highest BCUT2D eigenvalue weighted by molar-refractivity contribution is 6.01. The van der Waals surface area contributed by atoms with Gasteiger partial charge in [0.2, 0.25) is 0 Å². The van der Waals surface area contributed by atoms with Crippen LogP contribution in [0.1, 0.15) is 33.2 Å². The van der Waals surface area contributed by atoms with E-state index in [4.69, 9.17) is 4.42 Å². The summed E-state index contributed by atoms with van der Waals surface area (Å²) in [6.45, 7) is 7.05. The Bertz CT molecular complexity index is 1570. The first-order valence-electron chi connectivity index (χ1n) is 13.9. The Kier molecular flexibility index (Phi) is 7.34. The molecule has 1 aliphatic rings. The molecule has 0 saturated carbocycles. The zero-order valence-corrected chi connectivity index (χ0v) is 23.0. The molecule has 0 aliphatic carbocycles. The minimum atomic E-state index is -0.0629. The van der Waals surface area contributed by atoms with E-state index in [2.05, 4.69) is 69.9 Å². The Morgan fingerprint density at radius 3 is 2.25 bits per heavy atom. The molecule has 5 aromatic rings. The summed E-state index contributed by atoms with van der Waals surface area (Å²) in [5, 5.41) is 0. The van der Waals surface area contributed by atoms with E-state index in [1.165, 1.54) is 5.56 Å². The normalized spacial score (nSPS) is 15.8. The molecule has 3 aromatic carbocycles. The van der Waals surface area contributed by atoms with E-state index >= 15 is 0 Å². The van der Waals surface area contributed by atoms with Gasteiger partial charge in [-0.2, -0.15) is 0 Å². The van der Waals surface area contributed by atoms with Gasteiger partial charge in [-0.3, -0.25) is 9.69 Å². The highest BCUT2D eigenvalue weighted by Gasteiger charge is 2.34. The van der Waals surface area contributed by atoms with Gasteiger partial charge in [0.05, 0.1) is 23.0 Å². The van der Waals surface area contributed by atoms with Gasteiger partial charge >= 0.3 is 0 Å². The van der Waals surface area contributed by atoms with Crippen molar-refractivity contribution in [3.63, 3.8) is 0 Å². The van der Waals surface area contributed by atoms with Gasteiger partial charge in [-0.1, -0.05) is 78.9 Å². The summed E-state index contributed by atoms with van der Waals surface area (Å²) in [6, 6.07) is 33.0. The van der Waals surface area contributed by atoms with Crippen LogP contribution in [-0.4, -0.2) is 50.9 Å². The average Bonchev–Trinajstić information content (AvgIpc) is 3.56. The van der Waals surface area contributed by atoms with Gasteiger partial charge in [0.15, 0.2) is 5.89 Å². The third kappa shape index (κ3) is 5.36. The number of aromatic nitrogens is 2. The predicted molar refractivity (Wildman–Crippen MR) is 157 cm³/mol. The number of carbonyl (C=O) groups is 1. The first-order chi connectivity index (χ1) is 19.6. The van der Waals surface area contributed by atoms with Crippen molar-refractivity contribution < 1.29 is 9.21 Å². The van der Waals surface area contributed by atoms with Gasteiger partial charge in [0.25, 0.3) is 5.91 Å². The zero-order chi connectivity index (χ0) is 27.5. The van der Waals surface area contributed by atoms with Crippen LogP contribution in [0.3, 0.4) is 0 Å². The largest absolute Gasteiger partial charge is 0.449 e. The molecule has 0 N–H and O–H groups in total. The van der Waals surface area contributed by atoms with E-state index in [0.29, 0.717) is 18.9 Å². The van der Waals surface area contributed by atoms with Gasteiger partial charge < -0.3 is 13.9 Å². The molecular weight excluding hydrogens is 496 g/mol. The molecule has 40 heavy (non-hydrogen) atoms. The fourth-order valence-corrected chi connectivity index (χ4v) is 5.79. The minimum absolute atomic E-state index is 0.0456. The lowest BCUT2D eigenvalue weighted by Crippen LogP contribution is -2.55. The third-order valence-corrected chi connectivity index (χ3v) is 7.63. The van der Waals surface area contributed by atoms with Crippen LogP contribution >= 0.6 is 0 Å². The standard InChI is InChI=1S/C34H34N4O2/c1-25-24-40-32(35-25)21-30-23-36(22-27-12-6-3-7-13-27)18-19-37(30)34(39)31-20-26(2)38(29-16-10-5-11-17-29)33(31)28-14-8-4-9-15-28/h3-17,20,24,30H,18-19,21-23H2,1-2H3. The molecule has 1 fully saturated rings. The maximum Gasteiger partial charge on any atom is 0.256 e. The lowest BCUT2D eigenvalue weighted by molar-refractivity contribution is 0.0427. The fraction of sp³-hybridized carbons (Fsp3) is 0.235. The minimum Gasteiger partial charge on any atom is -0.449 e. The summed E-state index contributed by atoms with van der Waals surface area (Å²) in [7, 11) is 0. The van der Waals surface area contributed by atoms with Gasteiger partial charge in [-0.05, 0) is 43.2 Å². The first-order valence-corrected chi connectivity index (χ1v) is 13.9. The van der Waals surface area contributed by atoms with Crippen molar-refractivity contribution in [1.82, 2.24) is 19.4 Å². The Labute approximate surface area is 235 Å². The van der Waals surface area contributed by atoms with E-state index in [1.807, 2.05) is 60.4 Å². The molecule has 1 saturated heterocycles. The van der Waals surface area contributed by atoms with Crippen LogP contribution < -0.4 is 0 Å². The molecule has 0 spiro atoms. The van der Waals surface area contributed by atoms with Crippen molar-refractivity contribution in [3.05, 3.63) is 132 Å². The number of hydrogen-bond acceptors (Lipinski definition) is 4. The second-order valence-corrected chi connectivity index (χ2v) is 10.5. The Morgan fingerprint density at radius 2 is 1.57 bits per heavy atom. The summed E-state index contributed by atoms with van der Waals surface area (Å²) in [6.07, 6.45) is 2.26. The smallest absolute Gasteiger partial charge is 0.256 e. The summed E-state index contributed by atoms with van der Waals surface area (Å²) in [5.41, 5.74) is 6.85. The van der Waals surface area contributed by atoms with Crippen molar-refractivity contribution in [3.8, 4) is 16.9 Å². The third-order valence-electron chi connectivity index (χ3n) is 7.63. The number of carbonyl (C=O) groups excluding carboxylic acids is 1.